The quantitative estimate of drug-likeness (QED) is 0.711. The molecule has 1 heterocycles. The molecule has 0 unspecified atom stereocenters. The van der Waals surface area contributed by atoms with Crippen LogP contribution in [0.2, 0.25) is 0 Å². The Balaban J connectivity index is 1.66. The summed E-state index contributed by atoms with van der Waals surface area (Å²) < 4.78 is 1.27. The van der Waals surface area contributed by atoms with E-state index < -0.39 is 0 Å². The third-order valence-corrected chi connectivity index (χ3v) is 5.25. The van der Waals surface area contributed by atoms with E-state index in [1.165, 1.54) is 20.2 Å². The molecule has 0 saturated carbocycles. The predicted octanol–water partition coefficient (Wildman–Crippen LogP) is 4.31. The Labute approximate surface area is 127 Å². The smallest absolute Gasteiger partial charge is 0.104 e. The van der Waals surface area contributed by atoms with Crippen molar-refractivity contribution in [3.8, 4) is 0 Å². The number of aromatic nitrogens is 1. The van der Waals surface area contributed by atoms with Crippen LogP contribution in [0.5, 0.6) is 0 Å². The molecule has 0 atom stereocenters. The largest absolute Gasteiger partial charge is 0.316 e. The lowest BCUT2D eigenvalue weighted by molar-refractivity contribution is 0.817. The number of fused-ring (bicyclic) bond motifs is 1. The first kappa shape index (κ1) is 13.6. The van der Waals surface area contributed by atoms with Gasteiger partial charge in [-0.15, -0.1) is 23.1 Å². The molecule has 1 N–H and O–H groups in total. The van der Waals surface area contributed by atoms with E-state index in [-0.39, 0.29) is 0 Å². The molecule has 0 aliphatic carbocycles. The van der Waals surface area contributed by atoms with Crippen LogP contribution in [-0.2, 0) is 12.3 Å². The highest BCUT2D eigenvalue weighted by Gasteiger charge is 2.04. The number of benzene rings is 2. The molecule has 0 radical (unpaired) electrons. The van der Waals surface area contributed by atoms with Gasteiger partial charge in [-0.05, 0) is 36.9 Å². The fraction of sp³-hybridized carbons (Fsp3) is 0.188. The van der Waals surface area contributed by atoms with Crippen LogP contribution in [0, 0.1) is 0 Å². The standard InChI is InChI=1S/C16H16N2S2/c1-17-10-12-6-8-13(9-7-12)19-11-16-18-14-4-2-3-5-15(14)20-16/h2-9,17H,10-11H2,1H3. The molecule has 20 heavy (non-hydrogen) atoms. The van der Waals surface area contributed by atoms with E-state index in [9.17, 15) is 0 Å². The normalized spacial score (nSPS) is 11.1. The van der Waals surface area contributed by atoms with Crippen molar-refractivity contribution < 1.29 is 0 Å². The molecule has 0 aliphatic heterocycles. The second kappa shape index (κ2) is 6.39. The average molecular weight is 300 g/mol. The van der Waals surface area contributed by atoms with Crippen molar-refractivity contribution >= 4 is 33.3 Å². The average Bonchev–Trinajstić information content (AvgIpc) is 2.90. The van der Waals surface area contributed by atoms with Gasteiger partial charge in [0.1, 0.15) is 5.01 Å². The SMILES string of the molecule is CNCc1ccc(SCc2nc3ccccc3s2)cc1. The molecule has 0 aliphatic rings. The van der Waals surface area contributed by atoms with Crippen molar-refractivity contribution in [3.63, 3.8) is 0 Å². The van der Waals surface area contributed by atoms with E-state index in [0.29, 0.717) is 0 Å². The lowest BCUT2D eigenvalue weighted by Crippen LogP contribution is -2.04. The summed E-state index contributed by atoms with van der Waals surface area (Å²) in [6.45, 7) is 0.919. The molecule has 4 heteroatoms. The van der Waals surface area contributed by atoms with Crippen LogP contribution < -0.4 is 5.32 Å². The van der Waals surface area contributed by atoms with Crippen LogP contribution in [0.3, 0.4) is 0 Å². The highest BCUT2D eigenvalue weighted by molar-refractivity contribution is 7.98. The lowest BCUT2D eigenvalue weighted by atomic mass is 10.2. The first-order chi connectivity index (χ1) is 9.85. The minimum absolute atomic E-state index is 0.919. The topological polar surface area (TPSA) is 24.9 Å². The second-order valence-electron chi connectivity index (χ2n) is 4.54. The molecule has 3 aromatic rings. The van der Waals surface area contributed by atoms with Crippen molar-refractivity contribution in [2.24, 2.45) is 0 Å². The summed E-state index contributed by atoms with van der Waals surface area (Å²) in [5.41, 5.74) is 2.43. The Kier molecular flexibility index (Phi) is 4.35. The Morgan fingerprint density at radius 3 is 2.65 bits per heavy atom. The molecule has 0 spiro atoms. The van der Waals surface area contributed by atoms with Gasteiger partial charge >= 0.3 is 0 Å². The highest BCUT2D eigenvalue weighted by Crippen LogP contribution is 2.28. The van der Waals surface area contributed by atoms with E-state index >= 15 is 0 Å². The van der Waals surface area contributed by atoms with Crippen LogP contribution in [-0.4, -0.2) is 12.0 Å². The van der Waals surface area contributed by atoms with Crippen LogP contribution >= 0.6 is 23.1 Å². The van der Waals surface area contributed by atoms with Gasteiger partial charge in [0.2, 0.25) is 0 Å². The third kappa shape index (κ3) is 3.20. The van der Waals surface area contributed by atoms with Gasteiger partial charge in [-0.2, -0.15) is 0 Å². The molecule has 0 fully saturated rings. The van der Waals surface area contributed by atoms with E-state index in [2.05, 4.69) is 52.8 Å². The molecule has 1 aromatic heterocycles. The molecule has 0 amide bonds. The summed E-state index contributed by atoms with van der Waals surface area (Å²) in [6.07, 6.45) is 0. The minimum Gasteiger partial charge on any atom is -0.316 e. The van der Waals surface area contributed by atoms with Crippen LogP contribution in [0.25, 0.3) is 10.2 Å². The van der Waals surface area contributed by atoms with Gasteiger partial charge in [0.15, 0.2) is 0 Å². The second-order valence-corrected chi connectivity index (χ2v) is 6.70. The summed E-state index contributed by atoms with van der Waals surface area (Å²) in [7, 11) is 1.97. The highest BCUT2D eigenvalue weighted by atomic mass is 32.2. The van der Waals surface area contributed by atoms with E-state index in [1.54, 1.807) is 11.3 Å². The summed E-state index contributed by atoms with van der Waals surface area (Å²) >= 11 is 3.63. The molecule has 3 rings (SSSR count). The first-order valence-corrected chi connectivity index (χ1v) is 8.36. The zero-order valence-electron chi connectivity index (χ0n) is 11.3. The fourth-order valence-electron chi connectivity index (χ4n) is 2.03. The number of thioether (sulfide) groups is 1. The first-order valence-electron chi connectivity index (χ1n) is 6.56. The Hall–Kier alpha value is -1.36. The number of hydrogen-bond donors (Lipinski definition) is 1. The van der Waals surface area contributed by atoms with Gasteiger partial charge in [-0.25, -0.2) is 4.98 Å². The zero-order chi connectivity index (χ0) is 13.8. The van der Waals surface area contributed by atoms with Gasteiger partial charge in [0.05, 0.1) is 16.0 Å². The summed E-state index contributed by atoms with van der Waals surface area (Å²) in [6, 6.07) is 17.0. The van der Waals surface area contributed by atoms with Gasteiger partial charge in [0.25, 0.3) is 0 Å². The number of nitrogens with one attached hydrogen (secondary N) is 1. The number of nitrogens with zero attached hydrogens (tertiary/aromatic N) is 1. The minimum atomic E-state index is 0.919. The van der Waals surface area contributed by atoms with Crippen molar-refractivity contribution in [1.29, 1.82) is 0 Å². The maximum atomic E-state index is 4.66. The van der Waals surface area contributed by atoms with Gasteiger partial charge in [-0.1, -0.05) is 24.3 Å². The maximum absolute atomic E-state index is 4.66. The molecular formula is C16H16N2S2. The monoisotopic (exact) mass is 300 g/mol. The molecular weight excluding hydrogens is 284 g/mol. The van der Waals surface area contributed by atoms with Gasteiger partial charge in [-0.3, -0.25) is 0 Å². The number of rotatable bonds is 5. The van der Waals surface area contributed by atoms with Crippen molar-refractivity contribution in [2.45, 2.75) is 17.2 Å². The van der Waals surface area contributed by atoms with E-state index in [1.807, 2.05) is 24.9 Å². The number of hydrogen-bond acceptors (Lipinski definition) is 4. The van der Waals surface area contributed by atoms with Crippen LogP contribution in [0.4, 0.5) is 0 Å². The fourth-order valence-corrected chi connectivity index (χ4v) is 3.89. The summed E-state index contributed by atoms with van der Waals surface area (Å²) in [5, 5.41) is 4.35. The van der Waals surface area contributed by atoms with Crippen LogP contribution in [0.15, 0.2) is 53.4 Å². The van der Waals surface area contributed by atoms with Crippen LogP contribution in [0.1, 0.15) is 10.6 Å². The lowest BCUT2D eigenvalue weighted by Gasteiger charge is -2.02. The molecule has 0 saturated heterocycles. The summed E-state index contributed by atoms with van der Waals surface area (Å²) in [4.78, 5) is 5.96. The zero-order valence-corrected chi connectivity index (χ0v) is 12.9. The Bertz CT molecular complexity index is 656. The van der Waals surface area contributed by atoms with Crippen molar-refractivity contribution in [2.75, 3.05) is 7.05 Å². The molecule has 2 aromatic carbocycles. The molecule has 0 bridgehead atoms. The number of thiazole rings is 1. The summed E-state index contributed by atoms with van der Waals surface area (Å²) in [5.74, 6) is 0.935. The van der Waals surface area contributed by atoms with E-state index in [0.717, 1.165) is 17.8 Å². The van der Waals surface area contributed by atoms with Crippen molar-refractivity contribution in [1.82, 2.24) is 10.3 Å². The number of para-hydroxylation sites is 1. The van der Waals surface area contributed by atoms with Gasteiger partial charge in [0, 0.05) is 11.4 Å². The van der Waals surface area contributed by atoms with Crippen molar-refractivity contribution in [3.05, 3.63) is 59.1 Å². The maximum Gasteiger partial charge on any atom is 0.104 e. The van der Waals surface area contributed by atoms with Gasteiger partial charge < -0.3 is 5.32 Å². The Morgan fingerprint density at radius 2 is 1.90 bits per heavy atom. The molecule has 2 nitrogen and oxygen atoms in total. The predicted molar refractivity (Wildman–Crippen MR) is 88.4 cm³/mol. The van der Waals surface area contributed by atoms with E-state index in [4.69, 9.17) is 0 Å². The Morgan fingerprint density at radius 1 is 1.10 bits per heavy atom. The molecule has 102 valence electrons. The third-order valence-electron chi connectivity index (χ3n) is 3.00.